The quantitative estimate of drug-likeness (QED) is 0.790. The van der Waals surface area contributed by atoms with Crippen molar-refractivity contribution in [2.45, 2.75) is 38.3 Å². The zero-order chi connectivity index (χ0) is 14.9. The zero-order valence-corrected chi connectivity index (χ0v) is 12.8. The molecule has 0 spiro atoms. The minimum absolute atomic E-state index is 0.145. The molecule has 2 nitrogen and oxygen atoms in total. The average molecular weight is 279 g/mol. The van der Waals surface area contributed by atoms with E-state index in [1.165, 1.54) is 5.56 Å². The Morgan fingerprint density at radius 1 is 0.857 bits per heavy atom. The summed E-state index contributed by atoms with van der Waals surface area (Å²) in [6, 6.07) is 20.5. The largest absolute Gasteiger partial charge is 0.466 e. The number of hydrogen-bond acceptors (Lipinski definition) is 2. The lowest BCUT2D eigenvalue weighted by Gasteiger charge is -2.41. The first-order chi connectivity index (χ1) is 9.99. The molecule has 2 aromatic carbocycles. The minimum atomic E-state index is -0.350. The highest BCUT2D eigenvalue weighted by atomic mass is 16.5. The van der Waals surface area contributed by atoms with Crippen molar-refractivity contribution in [2.75, 3.05) is 0 Å². The molecule has 0 aliphatic carbocycles. The van der Waals surface area contributed by atoms with Crippen LogP contribution in [0.4, 0.5) is 0 Å². The molecule has 2 aromatic rings. The van der Waals surface area contributed by atoms with Crippen molar-refractivity contribution in [3.63, 3.8) is 0 Å². The lowest BCUT2D eigenvalue weighted by molar-refractivity contribution is 0.0260. The van der Waals surface area contributed by atoms with E-state index in [0.717, 1.165) is 17.9 Å². The van der Waals surface area contributed by atoms with Crippen molar-refractivity contribution in [3.05, 3.63) is 71.8 Å². The Morgan fingerprint density at radius 3 is 2.05 bits per heavy atom. The Kier molecular flexibility index (Phi) is 3.32. The molecule has 0 bridgehead atoms. The van der Waals surface area contributed by atoms with Crippen LogP contribution in [0.3, 0.4) is 0 Å². The maximum absolute atomic E-state index is 6.33. The highest BCUT2D eigenvalue weighted by molar-refractivity contribution is 5.95. The Hall–Kier alpha value is -2.09. The minimum Gasteiger partial charge on any atom is -0.466 e. The van der Waals surface area contributed by atoms with E-state index >= 15 is 0 Å². The summed E-state index contributed by atoms with van der Waals surface area (Å²) >= 11 is 0. The molecule has 21 heavy (non-hydrogen) atoms. The van der Waals surface area contributed by atoms with Gasteiger partial charge in [-0.2, -0.15) is 0 Å². The van der Waals surface area contributed by atoms with Gasteiger partial charge in [0.15, 0.2) is 0 Å². The van der Waals surface area contributed by atoms with Gasteiger partial charge in [0.25, 0.3) is 0 Å². The molecule has 108 valence electrons. The van der Waals surface area contributed by atoms with Gasteiger partial charge in [-0.25, -0.2) is 4.99 Å². The molecule has 1 atom stereocenters. The molecule has 1 aliphatic rings. The predicted molar refractivity (Wildman–Crippen MR) is 86.6 cm³/mol. The molecule has 0 aromatic heterocycles. The SMILES string of the molecule is CC1(C)CC(C)(c2ccccc2)OC(c2ccccc2)=N1. The number of hydrogen-bond donors (Lipinski definition) is 0. The molecule has 3 rings (SSSR count). The number of aliphatic imine (C=N–C) groups is 1. The molecule has 0 amide bonds. The third-order valence-corrected chi connectivity index (χ3v) is 3.90. The third-order valence-electron chi connectivity index (χ3n) is 3.90. The van der Waals surface area contributed by atoms with Crippen molar-refractivity contribution in [2.24, 2.45) is 4.99 Å². The Balaban J connectivity index is 2.03. The van der Waals surface area contributed by atoms with Crippen LogP contribution < -0.4 is 0 Å². The van der Waals surface area contributed by atoms with E-state index in [1.807, 2.05) is 36.4 Å². The van der Waals surface area contributed by atoms with Crippen LogP contribution in [0.15, 0.2) is 65.7 Å². The Morgan fingerprint density at radius 2 is 1.43 bits per heavy atom. The molecular formula is C19H21NO. The van der Waals surface area contributed by atoms with Crippen molar-refractivity contribution < 1.29 is 4.74 Å². The highest BCUT2D eigenvalue weighted by Crippen LogP contribution is 2.40. The summed E-state index contributed by atoms with van der Waals surface area (Å²) in [5, 5.41) is 0. The molecule has 2 heteroatoms. The first-order valence-corrected chi connectivity index (χ1v) is 7.38. The van der Waals surface area contributed by atoms with Gasteiger partial charge < -0.3 is 4.74 Å². The summed E-state index contributed by atoms with van der Waals surface area (Å²) in [7, 11) is 0. The first kappa shape index (κ1) is 13.9. The molecule has 0 saturated carbocycles. The number of nitrogens with zero attached hydrogens (tertiary/aromatic N) is 1. The lowest BCUT2D eigenvalue weighted by Crippen LogP contribution is -2.42. The number of benzene rings is 2. The van der Waals surface area contributed by atoms with E-state index in [4.69, 9.17) is 9.73 Å². The van der Waals surface area contributed by atoms with Crippen LogP contribution in [0.25, 0.3) is 0 Å². The zero-order valence-electron chi connectivity index (χ0n) is 12.8. The van der Waals surface area contributed by atoms with Crippen LogP contribution in [0, 0.1) is 0 Å². The van der Waals surface area contributed by atoms with Crippen LogP contribution in [0.5, 0.6) is 0 Å². The smallest absolute Gasteiger partial charge is 0.217 e. The highest BCUT2D eigenvalue weighted by Gasteiger charge is 2.41. The Labute approximate surface area is 126 Å². The van der Waals surface area contributed by atoms with Gasteiger partial charge in [-0.1, -0.05) is 48.5 Å². The molecule has 1 aliphatic heterocycles. The van der Waals surface area contributed by atoms with E-state index in [1.54, 1.807) is 0 Å². The van der Waals surface area contributed by atoms with Crippen LogP contribution in [0.1, 0.15) is 38.3 Å². The van der Waals surface area contributed by atoms with Crippen LogP contribution in [0.2, 0.25) is 0 Å². The maximum atomic E-state index is 6.33. The van der Waals surface area contributed by atoms with Gasteiger partial charge in [0.1, 0.15) is 5.60 Å². The van der Waals surface area contributed by atoms with Crippen molar-refractivity contribution in [1.82, 2.24) is 0 Å². The van der Waals surface area contributed by atoms with E-state index in [-0.39, 0.29) is 11.1 Å². The molecule has 0 radical (unpaired) electrons. The van der Waals surface area contributed by atoms with Gasteiger partial charge in [0.05, 0.1) is 5.54 Å². The summed E-state index contributed by atoms with van der Waals surface area (Å²) in [6.07, 6.45) is 0.861. The van der Waals surface area contributed by atoms with Crippen molar-refractivity contribution in [3.8, 4) is 0 Å². The van der Waals surface area contributed by atoms with Crippen LogP contribution in [-0.4, -0.2) is 11.4 Å². The van der Waals surface area contributed by atoms with Gasteiger partial charge in [0.2, 0.25) is 5.90 Å². The summed E-state index contributed by atoms with van der Waals surface area (Å²) in [5.41, 5.74) is 1.74. The van der Waals surface area contributed by atoms with Crippen LogP contribution in [-0.2, 0) is 10.3 Å². The fraction of sp³-hybridized carbons (Fsp3) is 0.316. The molecule has 1 heterocycles. The third kappa shape index (κ3) is 2.85. The normalized spacial score (nSPS) is 24.0. The fourth-order valence-electron chi connectivity index (χ4n) is 3.07. The molecular weight excluding hydrogens is 258 g/mol. The average Bonchev–Trinajstić information content (AvgIpc) is 2.47. The van der Waals surface area contributed by atoms with E-state index < -0.39 is 0 Å². The monoisotopic (exact) mass is 279 g/mol. The van der Waals surface area contributed by atoms with E-state index in [0.29, 0.717) is 0 Å². The second-order valence-electron chi connectivity index (χ2n) is 6.47. The second kappa shape index (κ2) is 5.03. The van der Waals surface area contributed by atoms with Gasteiger partial charge >= 0.3 is 0 Å². The molecule has 0 N–H and O–H groups in total. The summed E-state index contributed by atoms with van der Waals surface area (Å²) < 4.78 is 6.33. The van der Waals surface area contributed by atoms with Crippen LogP contribution >= 0.6 is 0 Å². The maximum Gasteiger partial charge on any atom is 0.217 e. The summed E-state index contributed by atoms with van der Waals surface area (Å²) in [4.78, 5) is 4.80. The van der Waals surface area contributed by atoms with Crippen molar-refractivity contribution >= 4 is 5.90 Å². The standard InChI is InChI=1S/C19H21NO/c1-18(2)14-19(3,16-12-8-5-9-13-16)21-17(20-18)15-10-6-4-7-11-15/h4-13H,14H2,1-3H3. The molecule has 0 saturated heterocycles. The van der Waals surface area contributed by atoms with Crippen molar-refractivity contribution in [1.29, 1.82) is 0 Å². The number of ether oxygens (including phenoxy) is 1. The Bertz CT molecular complexity index is 646. The van der Waals surface area contributed by atoms with Gasteiger partial charge in [-0.05, 0) is 38.5 Å². The predicted octanol–water partition coefficient (Wildman–Crippen LogP) is 4.55. The van der Waals surface area contributed by atoms with Gasteiger partial charge in [0, 0.05) is 12.0 Å². The van der Waals surface area contributed by atoms with E-state index in [2.05, 4.69) is 45.0 Å². The molecule has 1 unspecified atom stereocenters. The van der Waals surface area contributed by atoms with Gasteiger partial charge in [-0.3, -0.25) is 0 Å². The molecule has 0 fully saturated rings. The first-order valence-electron chi connectivity index (χ1n) is 7.38. The fourth-order valence-corrected chi connectivity index (χ4v) is 3.07. The summed E-state index contributed by atoms with van der Waals surface area (Å²) in [6.45, 7) is 6.49. The lowest BCUT2D eigenvalue weighted by atomic mass is 9.82. The second-order valence-corrected chi connectivity index (χ2v) is 6.47. The number of rotatable bonds is 2. The van der Waals surface area contributed by atoms with Gasteiger partial charge in [-0.15, -0.1) is 0 Å². The summed E-state index contributed by atoms with van der Waals surface area (Å²) in [5.74, 6) is 0.734. The topological polar surface area (TPSA) is 21.6 Å². The van der Waals surface area contributed by atoms with E-state index in [9.17, 15) is 0 Å².